The van der Waals surface area contributed by atoms with Gasteiger partial charge in [-0.25, -0.2) is 0 Å². The second-order valence-corrected chi connectivity index (χ2v) is 3.96. The van der Waals surface area contributed by atoms with Crippen LogP contribution in [0.15, 0.2) is 24.3 Å². The van der Waals surface area contributed by atoms with E-state index in [1.54, 1.807) is 19.2 Å². The standard InChI is InChI=1S/C12H18N2O2/c1-8(2)11(13)12(15)14-9-6-4-5-7-10(9)16-3/h4-8,11H,13H2,1-3H3,(H,14,15). The summed E-state index contributed by atoms with van der Waals surface area (Å²) in [6, 6.07) is 6.74. The molecule has 1 amide bonds. The number of rotatable bonds is 4. The van der Waals surface area contributed by atoms with Crippen molar-refractivity contribution in [3.05, 3.63) is 24.3 Å². The van der Waals surface area contributed by atoms with Gasteiger partial charge in [0.2, 0.25) is 5.91 Å². The normalized spacial score (nSPS) is 12.3. The van der Waals surface area contributed by atoms with E-state index in [2.05, 4.69) is 5.32 Å². The molecular formula is C12H18N2O2. The van der Waals surface area contributed by atoms with Crippen LogP contribution < -0.4 is 15.8 Å². The van der Waals surface area contributed by atoms with Gasteiger partial charge in [-0.15, -0.1) is 0 Å². The van der Waals surface area contributed by atoms with Crippen LogP contribution in [0, 0.1) is 5.92 Å². The predicted octanol–water partition coefficient (Wildman–Crippen LogP) is 1.62. The van der Waals surface area contributed by atoms with Gasteiger partial charge in [-0.1, -0.05) is 26.0 Å². The topological polar surface area (TPSA) is 64.3 Å². The van der Waals surface area contributed by atoms with Crippen molar-refractivity contribution in [2.24, 2.45) is 11.7 Å². The maximum Gasteiger partial charge on any atom is 0.241 e. The van der Waals surface area contributed by atoms with Gasteiger partial charge in [0.25, 0.3) is 0 Å². The molecule has 0 aliphatic rings. The van der Waals surface area contributed by atoms with Crippen LogP contribution in [0.3, 0.4) is 0 Å². The molecule has 1 aromatic rings. The number of anilines is 1. The zero-order chi connectivity index (χ0) is 12.1. The van der Waals surface area contributed by atoms with Gasteiger partial charge in [-0.2, -0.15) is 0 Å². The van der Waals surface area contributed by atoms with Crippen LogP contribution in [0.4, 0.5) is 5.69 Å². The van der Waals surface area contributed by atoms with Gasteiger partial charge in [-0.3, -0.25) is 4.79 Å². The summed E-state index contributed by atoms with van der Waals surface area (Å²) in [4.78, 5) is 11.7. The molecule has 0 saturated heterocycles. The molecule has 0 saturated carbocycles. The van der Waals surface area contributed by atoms with Crippen molar-refractivity contribution < 1.29 is 9.53 Å². The quantitative estimate of drug-likeness (QED) is 0.813. The molecule has 88 valence electrons. The Hall–Kier alpha value is -1.55. The number of nitrogens with two attached hydrogens (primary N) is 1. The molecule has 1 unspecified atom stereocenters. The maximum atomic E-state index is 11.7. The lowest BCUT2D eigenvalue weighted by Gasteiger charge is -2.16. The second kappa shape index (κ2) is 5.51. The van der Waals surface area contributed by atoms with Crippen LogP contribution in [0.1, 0.15) is 13.8 Å². The van der Waals surface area contributed by atoms with Crippen molar-refractivity contribution in [3.8, 4) is 5.75 Å². The number of nitrogens with one attached hydrogen (secondary N) is 1. The number of carbonyl (C=O) groups excluding carboxylic acids is 1. The van der Waals surface area contributed by atoms with Crippen LogP contribution in [0.5, 0.6) is 5.75 Å². The van der Waals surface area contributed by atoms with Crippen molar-refractivity contribution in [2.75, 3.05) is 12.4 Å². The Morgan fingerprint density at radius 1 is 1.38 bits per heavy atom. The molecule has 3 N–H and O–H groups in total. The first-order chi connectivity index (χ1) is 7.56. The molecular weight excluding hydrogens is 204 g/mol. The summed E-state index contributed by atoms with van der Waals surface area (Å²) in [5.74, 6) is 0.543. The summed E-state index contributed by atoms with van der Waals surface area (Å²) in [7, 11) is 1.56. The summed E-state index contributed by atoms with van der Waals surface area (Å²) in [6.07, 6.45) is 0. The van der Waals surface area contributed by atoms with Crippen LogP contribution in [-0.4, -0.2) is 19.1 Å². The molecule has 0 heterocycles. The van der Waals surface area contributed by atoms with E-state index in [0.717, 1.165) is 0 Å². The van der Waals surface area contributed by atoms with Crippen molar-refractivity contribution in [2.45, 2.75) is 19.9 Å². The first-order valence-electron chi connectivity index (χ1n) is 5.25. The van der Waals surface area contributed by atoms with Gasteiger partial charge in [0, 0.05) is 0 Å². The fourth-order valence-corrected chi connectivity index (χ4v) is 1.27. The van der Waals surface area contributed by atoms with Crippen molar-refractivity contribution in [1.82, 2.24) is 0 Å². The molecule has 0 fully saturated rings. The summed E-state index contributed by atoms with van der Waals surface area (Å²) in [6.45, 7) is 3.82. The number of carbonyl (C=O) groups is 1. The molecule has 0 aromatic heterocycles. The van der Waals surface area contributed by atoms with Gasteiger partial charge in [0.15, 0.2) is 0 Å². The van der Waals surface area contributed by atoms with E-state index in [9.17, 15) is 4.79 Å². The lowest BCUT2D eigenvalue weighted by atomic mass is 10.0. The molecule has 0 spiro atoms. The van der Waals surface area contributed by atoms with E-state index in [-0.39, 0.29) is 11.8 Å². The third-order valence-electron chi connectivity index (χ3n) is 2.39. The molecule has 1 aromatic carbocycles. The Bertz CT molecular complexity index is 364. The minimum Gasteiger partial charge on any atom is -0.495 e. The van der Waals surface area contributed by atoms with Crippen LogP contribution in [0.2, 0.25) is 0 Å². The van der Waals surface area contributed by atoms with E-state index in [1.165, 1.54) is 0 Å². The molecule has 0 bridgehead atoms. The number of hydrogen-bond donors (Lipinski definition) is 2. The van der Waals surface area contributed by atoms with E-state index in [1.807, 2.05) is 26.0 Å². The summed E-state index contributed by atoms with van der Waals surface area (Å²) >= 11 is 0. The molecule has 0 aliphatic carbocycles. The van der Waals surface area contributed by atoms with Crippen LogP contribution in [-0.2, 0) is 4.79 Å². The molecule has 16 heavy (non-hydrogen) atoms. The zero-order valence-corrected chi connectivity index (χ0v) is 9.86. The number of hydrogen-bond acceptors (Lipinski definition) is 3. The number of amides is 1. The van der Waals surface area contributed by atoms with Gasteiger partial charge >= 0.3 is 0 Å². The highest BCUT2D eigenvalue weighted by atomic mass is 16.5. The van der Waals surface area contributed by atoms with E-state index < -0.39 is 6.04 Å². The molecule has 4 heteroatoms. The Kier molecular flexibility index (Phi) is 4.31. The summed E-state index contributed by atoms with van der Waals surface area (Å²) in [5.41, 5.74) is 6.39. The minimum absolute atomic E-state index is 0.106. The highest BCUT2D eigenvalue weighted by Crippen LogP contribution is 2.23. The van der Waals surface area contributed by atoms with E-state index in [0.29, 0.717) is 11.4 Å². The first kappa shape index (κ1) is 12.5. The second-order valence-electron chi connectivity index (χ2n) is 3.96. The van der Waals surface area contributed by atoms with Crippen molar-refractivity contribution in [1.29, 1.82) is 0 Å². The Morgan fingerprint density at radius 3 is 2.56 bits per heavy atom. The van der Waals surface area contributed by atoms with Crippen molar-refractivity contribution >= 4 is 11.6 Å². The predicted molar refractivity (Wildman–Crippen MR) is 64.4 cm³/mol. The SMILES string of the molecule is COc1ccccc1NC(=O)C(N)C(C)C. The van der Waals surface area contributed by atoms with Crippen LogP contribution >= 0.6 is 0 Å². The molecule has 1 atom stereocenters. The van der Waals surface area contributed by atoms with Gasteiger partial charge in [0.05, 0.1) is 18.8 Å². The van der Waals surface area contributed by atoms with Gasteiger partial charge in [0.1, 0.15) is 5.75 Å². The Balaban J connectivity index is 2.76. The van der Waals surface area contributed by atoms with Crippen molar-refractivity contribution in [3.63, 3.8) is 0 Å². The fraction of sp³-hybridized carbons (Fsp3) is 0.417. The highest BCUT2D eigenvalue weighted by Gasteiger charge is 2.18. The van der Waals surface area contributed by atoms with E-state index >= 15 is 0 Å². The Morgan fingerprint density at radius 2 is 2.00 bits per heavy atom. The number of para-hydroxylation sites is 2. The highest BCUT2D eigenvalue weighted by molar-refractivity contribution is 5.96. The summed E-state index contributed by atoms with van der Waals surface area (Å²) < 4.78 is 5.13. The lowest BCUT2D eigenvalue weighted by molar-refractivity contribution is -0.118. The molecule has 0 radical (unpaired) electrons. The van der Waals surface area contributed by atoms with Crippen LogP contribution in [0.25, 0.3) is 0 Å². The average molecular weight is 222 g/mol. The maximum absolute atomic E-state index is 11.7. The molecule has 0 aliphatic heterocycles. The number of methoxy groups -OCH3 is 1. The largest absolute Gasteiger partial charge is 0.495 e. The average Bonchev–Trinajstić information content (AvgIpc) is 2.28. The van der Waals surface area contributed by atoms with Gasteiger partial charge in [-0.05, 0) is 18.1 Å². The molecule has 1 rings (SSSR count). The lowest BCUT2D eigenvalue weighted by Crippen LogP contribution is -2.39. The first-order valence-corrected chi connectivity index (χ1v) is 5.25. The summed E-state index contributed by atoms with van der Waals surface area (Å²) in [5, 5.41) is 2.75. The van der Waals surface area contributed by atoms with E-state index in [4.69, 9.17) is 10.5 Å². The fourth-order valence-electron chi connectivity index (χ4n) is 1.27. The smallest absolute Gasteiger partial charge is 0.241 e. The monoisotopic (exact) mass is 222 g/mol. The third-order valence-corrected chi connectivity index (χ3v) is 2.39. The van der Waals surface area contributed by atoms with Gasteiger partial charge < -0.3 is 15.8 Å². The minimum atomic E-state index is -0.509. The number of benzene rings is 1. The zero-order valence-electron chi connectivity index (χ0n) is 9.86. The molecule has 4 nitrogen and oxygen atoms in total. The third kappa shape index (κ3) is 2.97. The number of ether oxygens (including phenoxy) is 1. The Labute approximate surface area is 95.8 Å².